The highest BCUT2D eigenvalue weighted by atomic mass is 79.9. The Morgan fingerprint density at radius 2 is 2.18 bits per heavy atom. The molecule has 0 bridgehead atoms. The van der Waals surface area contributed by atoms with Crippen LogP contribution in [0.15, 0.2) is 40.4 Å². The zero-order valence-corrected chi connectivity index (χ0v) is 12.3. The first kappa shape index (κ1) is 12.6. The fourth-order valence-electron chi connectivity index (χ4n) is 1.70. The Morgan fingerprint density at radius 3 is 2.76 bits per heavy atom. The summed E-state index contributed by atoms with van der Waals surface area (Å²) in [5.41, 5.74) is 1.05. The third kappa shape index (κ3) is 3.30. The van der Waals surface area contributed by atoms with Crippen LogP contribution in [-0.2, 0) is 0 Å². The Kier molecular flexibility index (Phi) is 4.18. The third-order valence-corrected chi connectivity index (χ3v) is 3.93. The van der Waals surface area contributed by atoms with E-state index in [0.717, 1.165) is 10.2 Å². The molecule has 2 heterocycles. The zero-order chi connectivity index (χ0) is 12.3. The topological polar surface area (TPSA) is 24.9 Å². The number of halogens is 1. The molecule has 17 heavy (non-hydrogen) atoms. The molecular weight excluding hydrogens is 296 g/mol. The van der Waals surface area contributed by atoms with Crippen molar-refractivity contribution in [1.82, 2.24) is 4.98 Å². The minimum Gasteiger partial charge on any atom is -0.376 e. The molecule has 2 rings (SSSR count). The second-order valence-corrected chi connectivity index (χ2v) is 6.17. The minimum absolute atomic E-state index is 0.339. The van der Waals surface area contributed by atoms with Gasteiger partial charge in [-0.1, -0.05) is 19.9 Å². The maximum Gasteiger partial charge on any atom is 0.0629 e. The molecule has 0 aliphatic rings. The van der Waals surface area contributed by atoms with Gasteiger partial charge in [0.05, 0.1) is 17.9 Å². The van der Waals surface area contributed by atoms with Crippen LogP contribution in [0.4, 0.5) is 5.69 Å². The lowest BCUT2D eigenvalue weighted by Crippen LogP contribution is -2.15. The van der Waals surface area contributed by atoms with E-state index >= 15 is 0 Å². The number of nitrogens with zero attached hydrogens (tertiary/aromatic N) is 1. The smallest absolute Gasteiger partial charge is 0.0629 e. The van der Waals surface area contributed by atoms with Crippen LogP contribution in [-0.4, -0.2) is 4.98 Å². The predicted molar refractivity (Wildman–Crippen MR) is 77.5 cm³/mol. The van der Waals surface area contributed by atoms with E-state index in [9.17, 15) is 0 Å². The van der Waals surface area contributed by atoms with E-state index in [-0.39, 0.29) is 0 Å². The molecule has 0 amide bonds. The van der Waals surface area contributed by atoms with E-state index in [4.69, 9.17) is 0 Å². The molecule has 2 nitrogen and oxygen atoms in total. The number of nitrogens with one attached hydrogen (secondary N) is 1. The molecule has 4 heteroatoms. The Hall–Kier alpha value is -0.870. The summed E-state index contributed by atoms with van der Waals surface area (Å²) in [6, 6.07) is 6.66. The monoisotopic (exact) mass is 310 g/mol. The van der Waals surface area contributed by atoms with Gasteiger partial charge in [-0.3, -0.25) is 4.98 Å². The molecule has 0 saturated carbocycles. The van der Waals surface area contributed by atoms with Gasteiger partial charge in [0, 0.05) is 15.5 Å². The molecule has 1 atom stereocenters. The molecule has 0 aliphatic heterocycles. The summed E-state index contributed by atoms with van der Waals surface area (Å²) in [6.45, 7) is 4.45. The summed E-state index contributed by atoms with van der Waals surface area (Å²) in [6.07, 6.45) is 3.65. The van der Waals surface area contributed by atoms with Gasteiger partial charge in [0.2, 0.25) is 0 Å². The maximum atomic E-state index is 4.17. The van der Waals surface area contributed by atoms with Gasteiger partial charge in [-0.25, -0.2) is 0 Å². The summed E-state index contributed by atoms with van der Waals surface area (Å²) in [5, 5.41) is 5.66. The number of aromatic nitrogens is 1. The van der Waals surface area contributed by atoms with Crippen molar-refractivity contribution in [3.63, 3.8) is 0 Å². The van der Waals surface area contributed by atoms with Crippen molar-refractivity contribution in [2.45, 2.75) is 19.9 Å². The van der Waals surface area contributed by atoms with E-state index < -0.39 is 0 Å². The van der Waals surface area contributed by atoms with Crippen LogP contribution in [0.2, 0.25) is 0 Å². The van der Waals surface area contributed by atoms with E-state index in [0.29, 0.717) is 12.0 Å². The van der Waals surface area contributed by atoms with E-state index in [2.05, 4.69) is 63.7 Å². The number of hydrogen-bond acceptors (Lipinski definition) is 3. The predicted octanol–water partition coefficient (Wildman–Crippen LogP) is 4.71. The van der Waals surface area contributed by atoms with Gasteiger partial charge in [-0.2, -0.15) is 0 Å². The fourth-order valence-corrected chi connectivity index (χ4v) is 3.02. The summed E-state index contributed by atoms with van der Waals surface area (Å²) in [5.74, 6) is 0.535. The fraction of sp³-hybridized carbons (Fsp3) is 0.308. The Balaban J connectivity index is 2.19. The minimum atomic E-state index is 0.339. The summed E-state index contributed by atoms with van der Waals surface area (Å²) in [7, 11) is 0. The number of thiophene rings is 1. The lowest BCUT2D eigenvalue weighted by molar-refractivity contribution is 0.553. The molecule has 0 saturated heterocycles. The van der Waals surface area contributed by atoms with Crippen LogP contribution in [0.5, 0.6) is 0 Å². The molecule has 0 aromatic carbocycles. The van der Waals surface area contributed by atoms with Crippen LogP contribution >= 0.6 is 27.3 Å². The van der Waals surface area contributed by atoms with Crippen LogP contribution in [0.1, 0.15) is 24.8 Å². The summed E-state index contributed by atoms with van der Waals surface area (Å²) >= 11 is 5.23. The van der Waals surface area contributed by atoms with Gasteiger partial charge in [0.25, 0.3) is 0 Å². The quantitative estimate of drug-likeness (QED) is 0.884. The average Bonchev–Trinajstić information content (AvgIpc) is 2.78. The molecule has 0 spiro atoms. The standard InChI is InChI=1S/C13H15BrN2S/c1-9(2)13(12-4-3-5-17-12)16-11-6-10(14)7-15-8-11/h3-9,13,16H,1-2H3. The van der Waals surface area contributed by atoms with Crippen molar-refractivity contribution in [3.8, 4) is 0 Å². The molecule has 90 valence electrons. The van der Waals surface area contributed by atoms with Crippen LogP contribution < -0.4 is 5.32 Å². The van der Waals surface area contributed by atoms with Crippen molar-refractivity contribution in [2.24, 2.45) is 5.92 Å². The third-order valence-electron chi connectivity index (χ3n) is 2.54. The SMILES string of the molecule is CC(C)C(Nc1cncc(Br)c1)c1cccs1. The summed E-state index contributed by atoms with van der Waals surface area (Å²) in [4.78, 5) is 5.53. The van der Waals surface area contributed by atoms with Gasteiger partial charge in [-0.05, 0) is 39.4 Å². The lowest BCUT2D eigenvalue weighted by atomic mass is 10.0. The summed E-state index contributed by atoms with van der Waals surface area (Å²) < 4.78 is 0.996. The number of rotatable bonds is 4. The first-order valence-corrected chi connectivity index (χ1v) is 7.24. The highest BCUT2D eigenvalue weighted by Crippen LogP contribution is 2.30. The molecule has 0 radical (unpaired) electrons. The van der Waals surface area contributed by atoms with Gasteiger partial charge in [0.1, 0.15) is 0 Å². The normalized spacial score (nSPS) is 12.7. The highest BCUT2D eigenvalue weighted by Gasteiger charge is 2.16. The molecule has 1 N–H and O–H groups in total. The first-order valence-electron chi connectivity index (χ1n) is 5.57. The van der Waals surface area contributed by atoms with Gasteiger partial charge < -0.3 is 5.32 Å². The van der Waals surface area contributed by atoms with Gasteiger partial charge in [-0.15, -0.1) is 11.3 Å². The van der Waals surface area contributed by atoms with Gasteiger partial charge in [0.15, 0.2) is 0 Å². The first-order chi connectivity index (χ1) is 8.16. The van der Waals surface area contributed by atoms with E-state index in [1.807, 2.05) is 6.20 Å². The average molecular weight is 311 g/mol. The van der Waals surface area contributed by atoms with Crippen molar-refractivity contribution in [2.75, 3.05) is 5.32 Å². The van der Waals surface area contributed by atoms with Crippen LogP contribution in [0.25, 0.3) is 0 Å². The van der Waals surface area contributed by atoms with Crippen molar-refractivity contribution >= 4 is 33.0 Å². The number of pyridine rings is 1. The molecule has 0 aliphatic carbocycles. The van der Waals surface area contributed by atoms with Crippen LogP contribution in [0, 0.1) is 5.92 Å². The van der Waals surface area contributed by atoms with Crippen LogP contribution in [0.3, 0.4) is 0 Å². The highest BCUT2D eigenvalue weighted by molar-refractivity contribution is 9.10. The van der Waals surface area contributed by atoms with E-state index in [1.165, 1.54) is 4.88 Å². The lowest BCUT2D eigenvalue weighted by Gasteiger charge is -2.22. The second kappa shape index (κ2) is 5.65. The van der Waals surface area contributed by atoms with E-state index in [1.54, 1.807) is 17.5 Å². The molecule has 1 unspecified atom stereocenters. The largest absolute Gasteiger partial charge is 0.376 e. The molecule has 0 fully saturated rings. The Bertz CT molecular complexity index is 468. The number of hydrogen-bond donors (Lipinski definition) is 1. The molecule has 2 aromatic heterocycles. The zero-order valence-electron chi connectivity index (χ0n) is 9.85. The number of anilines is 1. The Morgan fingerprint density at radius 1 is 1.35 bits per heavy atom. The van der Waals surface area contributed by atoms with Gasteiger partial charge >= 0.3 is 0 Å². The van der Waals surface area contributed by atoms with Crippen molar-refractivity contribution < 1.29 is 0 Å². The Labute approximate surface area is 114 Å². The molecular formula is C13H15BrN2S. The second-order valence-electron chi connectivity index (χ2n) is 4.27. The maximum absolute atomic E-state index is 4.17. The van der Waals surface area contributed by atoms with Crippen molar-refractivity contribution in [1.29, 1.82) is 0 Å². The van der Waals surface area contributed by atoms with Crippen molar-refractivity contribution in [3.05, 3.63) is 45.3 Å². The molecule has 2 aromatic rings.